The maximum atomic E-state index is 9.68. The molecule has 0 amide bonds. The Kier molecular flexibility index (Phi) is 7.04. The van der Waals surface area contributed by atoms with Gasteiger partial charge in [0.05, 0.1) is 32.0 Å². The summed E-state index contributed by atoms with van der Waals surface area (Å²) in [5.41, 5.74) is 0. The van der Waals surface area contributed by atoms with E-state index >= 15 is 0 Å². The normalized spacial score (nSPS) is 19.6. The molecule has 0 aromatic heterocycles. The predicted octanol–water partition coefficient (Wildman–Crippen LogP) is 1.18. The minimum absolute atomic E-state index is 0.240. The molecule has 17 heavy (non-hydrogen) atoms. The van der Waals surface area contributed by atoms with E-state index in [0.717, 1.165) is 5.92 Å². The third-order valence-electron chi connectivity index (χ3n) is 2.99. The van der Waals surface area contributed by atoms with Crippen LogP contribution in [0.15, 0.2) is 0 Å². The first kappa shape index (κ1) is 14.9. The molecule has 1 fully saturated rings. The molecule has 2 atom stereocenters. The summed E-state index contributed by atoms with van der Waals surface area (Å²) in [6, 6.07) is 0.522. The summed E-state index contributed by atoms with van der Waals surface area (Å²) in [6.07, 6.45) is 2.47. The molecule has 2 N–H and O–H groups in total. The van der Waals surface area contributed by atoms with Crippen molar-refractivity contribution >= 4 is 0 Å². The molecule has 1 aliphatic rings. The Labute approximate surface area is 105 Å². The lowest BCUT2D eigenvalue weighted by molar-refractivity contribution is -0.0105. The van der Waals surface area contributed by atoms with E-state index in [9.17, 15) is 5.11 Å². The fourth-order valence-electron chi connectivity index (χ4n) is 1.71. The lowest BCUT2D eigenvalue weighted by Gasteiger charge is -2.17. The van der Waals surface area contributed by atoms with Gasteiger partial charge < -0.3 is 19.9 Å². The van der Waals surface area contributed by atoms with Crippen molar-refractivity contribution < 1.29 is 14.6 Å². The van der Waals surface area contributed by atoms with Gasteiger partial charge in [-0.3, -0.25) is 0 Å². The number of nitrogens with one attached hydrogen (secondary N) is 1. The highest BCUT2D eigenvalue weighted by atomic mass is 16.5. The SMILES string of the molecule is CC(C)OCCOCC(O)CNC(C)C1CC1. The number of aliphatic hydroxyl groups is 1. The van der Waals surface area contributed by atoms with Crippen molar-refractivity contribution in [3.63, 3.8) is 0 Å². The smallest absolute Gasteiger partial charge is 0.0897 e. The summed E-state index contributed by atoms with van der Waals surface area (Å²) in [4.78, 5) is 0. The van der Waals surface area contributed by atoms with Crippen LogP contribution in [0.4, 0.5) is 0 Å². The second-order valence-electron chi connectivity index (χ2n) is 5.18. The molecule has 0 bridgehead atoms. The lowest BCUT2D eigenvalue weighted by Crippen LogP contribution is -2.37. The number of rotatable bonds is 10. The summed E-state index contributed by atoms with van der Waals surface area (Å²) in [6.45, 7) is 8.32. The molecule has 1 saturated carbocycles. The molecule has 0 spiro atoms. The standard InChI is InChI=1S/C13H27NO3/c1-10(2)17-7-6-16-9-13(15)8-14-11(3)12-4-5-12/h10-15H,4-9H2,1-3H3. The van der Waals surface area contributed by atoms with Crippen molar-refractivity contribution in [1.82, 2.24) is 5.32 Å². The summed E-state index contributed by atoms with van der Waals surface area (Å²) in [5.74, 6) is 0.822. The quantitative estimate of drug-likeness (QED) is 0.567. The molecular formula is C13H27NO3. The van der Waals surface area contributed by atoms with Gasteiger partial charge in [0.1, 0.15) is 0 Å². The molecule has 2 unspecified atom stereocenters. The van der Waals surface area contributed by atoms with Crippen molar-refractivity contribution in [2.45, 2.75) is 51.9 Å². The third-order valence-corrected chi connectivity index (χ3v) is 2.99. The Morgan fingerprint density at radius 3 is 2.53 bits per heavy atom. The van der Waals surface area contributed by atoms with Crippen LogP contribution >= 0.6 is 0 Å². The van der Waals surface area contributed by atoms with Crippen molar-refractivity contribution in [2.24, 2.45) is 5.92 Å². The fourth-order valence-corrected chi connectivity index (χ4v) is 1.71. The second kappa shape index (κ2) is 8.03. The average molecular weight is 245 g/mol. The van der Waals surface area contributed by atoms with Crippen LogP contribution in [0.2, 0.25) is 0 Å². The maximum Gasteiger partial charge on any atom is 0.0897 e. The van der Waals surface area contributed by atoms with Gasteiger partial charge in [-0.25, -0.2) is 0 Å². The highest BCUT2D eigenvalue weighted by Crippen LogP contribution is 2.32. The summed E-state index contributed by atoms with van der Waals surface area (Å²) in [5, 5.41) is 13.0. The van der Waals surface area contributed by atoms with E-state index < -0.39 is 6.10 Å². The van der Waals surface area contributed by atoms with Crippen molar-refractivity contribution in [3.8, 4) is 0 Å². The van der Waals surface area contributed by atoms with Gasteiger partial charge in [0.2, 0.25) is 0 Å². The van der Waals surface area contributed by atoms with Crippen molar-refractivity contribution in [2.75, 3.05) is 26.4 Å². The minimum Gasteiger partial charge on any atom is -0.389 e. The molecule has 4 nitrogen and oxygen atoms in total. The highest BCUT2D eigenvalue weighted by molar-refractivity contribution is 4.83. The molecule has 0 radical (unpaired) electrons. The molecule has 4 heteroatoms. The van der Waals surface area contributed by atoms with Crippen LogP contribution in [0.25, 0.3) is 0 Å². The van der Waals surface area contributed by atoms with Gasteiger partial charge in [-0.1, -0.05) is 0 Å². The van der Waals surface area contributed by atoms with E-state index in [1.807, 2.05) is 13.8 Å². The first-order chi connectivity index (χ1) is 8.09. The highest BCUT2D eigenvalue weighted by Gasteiger charge is 2.27. The molecular weight excluding hydrogens is 218 g/mol. The molecule has 0 aliphatic heterocycles. The average Bonchev–Trinajstić information content (AvgIpc) is 3.08. The Bertz CT molecular complexity index is 195. The summed E-state index contributed by atoms with van der Waals surface area (Å²) < 4.78 is 10.7. The van der Waals surface area contributed by atoms with E-state index in [4.69, 9.17) is 9.47 Å². The number of hydrogen-bond donors (Lipinski definition) is 2. The molecule has 0 heterocycles. The topological polar surface area (TPSA) is 50.7 Å². The molecule has 0 aromatic rings. The van der Waals surface area contributed by atoms with Gasteiger partial charge in [0, 0.05) is 12.6 Å². The summed E-state index contributed by atoms with van der Waals surface area (Å²) >= 11 is 0. The Balaban J connectivity index is 1.88. The van der Waals surface area contributed by atoms with Crippen LogP contribution in [0.3, 0.4) is 0 Å². The zero-order valence-electron chi connectivity index (χ0n) is 11.3. The van der Waals surface area contributed by atoms with Crippen LogP contribution < -0.4 is 5.32 Å². The molecule has 0 saturated heterocycles. The Morgan fingerprint density at radius 1 is 1.24 bits per heavy atom. The van der Waals surface area contributed by atoms with Crippen molar-refractivity contribution in [3.05, 3.63) is 0 Å². The first-order valence-electron chi connectivity index (χ1n) is 6.70. The van der Waals surface area contributed by atoms with Gasteiger partial charge in [0.25, 0.3) is 0 Å². The lowest BCUT2D eigenvalue weighted by atomic mass is 10.2. The van der Waals surface area contributed by atoms with E-state index in [-0.39, 0.29) is 6.10 Å². The Hall–Kier alpha value is -0.160. The number of ether oxygens (including phenoxy) is 2. The van der Waals surface area contributed by atoms with Crippen LogP contribution in [0.5, 0.6) is 0 Å². The van der Waals surface area contributed by atoms with Gasteiger partial charge in [0.15, 0.2) is 0 Å². The zero-order chi connectivity index (χ0) is 12.7. The predicted molar refractivity (Wildman–Crippen MR) is 68.1 cm³/mol. The first-order valence-corrected chi connectivity index (χ1v) is 6.70. The summed E-state index contributed by atoms with van der Waals surface area (Å²) in [7, 11) is 0. The van der Waals surface area contributed by atoms with Gasteiger partial charge in [-0.2, -0.15) is 0 Å². The fraction of sp³-hybridized carbons (Fsp3) is 1.00. The van der Waals surface area contributed by atoms with Crippen LogP contribution in [0.1, 0.15) is 33.6 Å². The number of aliphatic hydroxyl groups excluding tert-OH is 1. The van der Waals surface area contributed by atoms with Gasteiger partial charge >= 0.3 is 0 Å². The molecule has 102 valence electrons. The third kappa shape index (κ3) is 7.71. The molecule has 1 rings (SSSR count). The Morgan fingerprint density at radius 2 is 1.94 bits per heavy atom. The monoisotopic (exact) mass is 245 g/mol. The van der Waals surface area contributed by atoms with Crippen LogP contribution in [0, 0.1) is 5.92 Å². The van der Waals surface area contributed by atoms with Gasteiger partial charge in [-0.05, 0) is 39.5 Å². The van der Waals surface area contributed by atoms with E-state index in [0.29, 0.717) is 32.4 Å². The number of hydrogen-bond acceptors (Lipinski definition) is 4. The minimum atomic E-state index is -0.421. The largest absolute Gasteiger partial charge is 0.389 e. The second-order valence-corrected chi connectivity index (χ2v) is 5.18. The van der Waals surface area contributed by atoms with E-state index in [2.05, 4.69) is 12.2 Å². The maximum absolute atomic E-state index is 9.68. The van der Waals surface area contributed by atoms with Gasteiger partial charge in [-0.15, -0.1) is 0 Å². The molecule has 1 aliphatic carbocycles. The zero-order valence-corrected chi connectivity index (χ0v) is 11.3. The molecule has 0 aromatic carbocycles. The van der Waals surface area contributed by atoms with E-state index in [1.54, 1.807) is 0 Å². The van der Waals surface area contributed by atoms with E-state index in [1.165, 1.54) is 12.8 Å². The van der Waals surface area contributed by atoms with Crippen molar-refractivity contribution in [1.29, 1.82) is 0 Å². The van der Waals surface area contributed by atoms with Crippen LogP contribution in [-0.4, -0.2) is 49.7 Å². The van der Waals surface area contributed by atoms with Crippen LogP contribution in [-0.2, 0) is 9.47 Å².